The van der Waals surface area contributed by atoms with Gasteiger partial charge in [-0.15, -0.1) is 0 Å². The van der Waals surface area contributed by atoms with E-state index in [1.54, 1.807) is 0 Å². The van der Waals surface area contributed by atoms with Crippen molar-refractivity contribution < 1.29 is 4.79 Å². The highest BCUT2D eigenvalue weighted by molar-refractivity contribution is 5.81. The highest BCUT2D eigenvalue weighted by Crippen LogP contribution is 2.19. The maximum Gasteiger partial charge on any atom is 0.239 e. The summed E-state index contributed by atoms with van der Waals surface area (Å²) in [7, 11) is 0. The smallest absolute Gasteiger partial charge is 0.239 e. The predicted octanol–water partition coefficient (Wildman–Crippen LogP) is 1.87. The van der Waals surface area contributed by atoms with Crippen LogP contribution in [0.2, 0.25) is 0 Å². The van der Waals surface area contributed by atoms with Gasteiger partial charge in [0.2, 0.25) is 5.91 Å². The lowest BCUT2D eigenvalue weighted by Gasteiger charge is -2.26. The first-order valence-electron chi connectivity index (χ1n) is 7.10. The van der Waals surface area contributed by atoms with Crippen LogP contribution in [0.1, 0.15) is 40.0 Å². The highest BCUT2D eigenvalue weighted by atomic mass is 16.2. The Morgan fingerprint density at radius 3 is 2.61 bits per heavy atom. The number of hydrogen-bond acceptors (Lipinski definition) is 3. The molecule has 0 aromatic carbocycles. The molecule has 1 saturated heterocycles. The zero-order valence-corrected chi connectivity index (χ0v) is 11.9. The van der Waals surface area contributed by atoms with Crippen LogP contribution in [0.5, 0.6) is 0 Å². The van der Waals surface area contributed by atoms with Gasteiger partial charge in [0.25, 0.3) is 0 Å². The van der Waals surface area contributed by atoms with Gasteiger partial charge in [0.15, 0.2) is 0 Å². The first kappa shape index (κ1) is 15.0. The third-order valence-electron chi connectivity index (χ3n) is 3.84. The van der Waals surface area contributed by atoms with Crippen molar-refractivity contribution in [3.63, 3.8) is 0 Å². The van der Waals surface area contributed by atoms with Crippen LogP contribution in [-0.4, -0.2) is 47.9 Å². The van der Waals surface area contributed by atoms with E-state index in [0.717, 1.165) is 39.0 Å². The highest BCUT2D eigenvalue weighted by Gasteiger charge is 2.32. The van der Waals surface area contributed by atoms with Crippen molar-refractivity contribution >= 4 is 5.91 Å². The fraction of sp³-hybridized carbons (Fsp3) is 0.857. The molecule has 18 heavy (non-hydrogen) atoms. The molecule has 1 heterocycles. The quantitative estimate of drug-likeness (QED) is 0.724. The first-order valence-corrected chi connectivity index (χ1v) is 7.10. The van der Waals surface area contributed by atoms with Crippen LogP contribution in [0.15, 0.2) is 0 Å². The van der Waals surface area contributed by atoms with Crippen molar-refractivity contribution in [3.05, 3.63) is 0 Å². The molecule has 1 fully saturated rings. The minimum absolute atomic E-state index is 0.0361. The monoisotopic (exact) mass is 251 g/mol. The molecule has 1 aliphatic rings. The van der Waals surface area contributed by atoms with Gasteiger partial charge in [0.05, 0.1) is 6.07 Å². The molecule has 2 unspecified atom stereocenters. The molecule has 2 atom stereocenters. The Hall–Kier alpha value is -1.08. The molecule has 0 bridgehead atoms. The third-order valence-corrected chi connectivity index (χ3v) is 3.84. The Balaban J connectivity index is 2.55. The summed E-state index contributed by atoms with van der Waals surface area (Å²) in [6.45, 7) is 9.98. The minimum Gasteiger partial charge on any atom is -0.340 e. The predicted molar refractivity (Wildman–Crippen MR) is 71.9 cm³/mol. The number of amides is 1. The maximum atomic E-state index is 12.2. The van der Waals surface area contributed by atoms with Gasteiger partial charge >= 0.3 is 0 Å². The fourth-order valence-corrected chi connectivity index (χ4v) is 2.73. The zero-order chi connectivity index (χ0) is 13.5. The lowest BCUT2D eigenvalue weighted by Crippen LogP contribution is -2.40. The molecule has 0 aromatic heterocycles. The molecule has 4 heteroatoms. The van der Waals surface area contributed by atoms with E-state index in [0.29, 0.717) is 12.5 Å². The molecule has 4 nitrogen and oxygen atoms in total. The van der Waals surface area contributed by atoms with E-state index in [9.17, 15) is 4.79 Å². The Kier molecular flexibility index (Phi) is 6.14. The minimum atomic E-state index is -0.439. The Bertz CT molecular complexity index is 307. The third kappa shape index (κ3) is 3.46. The van der Waals surface area contributed by atoms with Gasteiger partial charge in [0, 0.05) is 19.1 Å². The second kappa shape index (κ2) is 7.38. The number of hydrogen-bond donors (Lipinski definition) is 0. The molecule has 0 saturated carbocycles. The number of carbonyl (C=O) groups is 1. The van der Waals surface area contributed by atoms with Gasteiger partial charge in [-0.3, -0.25) is 9.69 Å². The van der Waals surface area contributed by atoms with E-state index < -0.39 is 5.92 Å². The Labute approximate surface area is 111 Å². The van der Waals surface area contributed by atoms with Crippen LogP contribution < -0.4 is 0 Å². The van der Waals surface area contributed by atoms with E-state index in [4.69, 9.17) is 5.26 Å². The molecule has 0 N–H and O–H groups in total. The number of rotatable bonds is 6. The van der Waals surface area contributed by atoms with Gasteiger partial charge in [0.1, 0.15) is 5.92 Å². The van der Waals surface area contributed by atoms with Crippen molar-refractivity contribution in [1.82, 2.24) is 9.80 Å². The molecule has 1 rings (SSSR count). The van der Waals surface area contributed by atoms with Crippen LogP contribution in [0, 0.1) is 17.2 Å². The average molecular weight is 251 g/mol. The first-order chi connectivity index (χ1) is 8.67. The molecule has 0 spiro atoms. The summed E-state index contributed by atoms with van der Waals surface area (Å²) in [4.78, 5) is 16.5. The summed E-state index contributed by atoms with van der Waals surface area (Å²) < 4.78 is 0. The normalized spacial score (nSPS) is 21.1. The number of nitrogens with zero attached hydrogens (tertiary/aromatic N) is 3. The molecular weight excluding hydrogens is 226 g/mol. The van der Waals surface area contributed by atoms with Crippen molar-refractivity contribution in [3.8, 4) is 6.07 Å². The number of likely N-dealkylation sites (N-methyl/N-ethyl adjacent to an activating group) is 1. The molecular formula is C14H25N3O. The lowest BCUT2D eigenvalue weighted by atomic mass is 10.0. The van der Waals surface area contributed by atoms with E-state index >= 15 is 0 Å². The van der Waals surface area contributed by atoms with Crippen molar-refractivity contribution in [2.45, 2.75) is 46.1 Å². The summed E-state index contributed by atoms with van der Waals surface area (Å²) >= 11 is 0. The van der Waals surface area contributed by atoms with E-state index in [-0.39, 0.29) is 5.91 Å². The van der Waals surface area contributed by atoms with Crippen LogP contribution in [-0.2, 0) is 4.79 Å². The van der Waals surface area contributed by atoms with Crippen LogP contribution in [0.3, 0.4) is 0 Å². The fourth-order valence-electron chi connectivity index (χ4n) is 2.73. The van der Waals surface area contributed by atoms with Crippen LogP contribution in [0.25, 0.3) is 0 Å². The molecule has 1 aliphatic heterocycles. The Morgan fingerprint density at radius 1 is 1.44 bits per heavy atom. The summed E-state index contributed by atoms with van der Waals surface area (Å²) in [6, 6.07) is 2.62. The van der Waals surface area contributed by atoms with Crippen LogP contribution >= 0.6 is 0 Å². The van der Waals surface area contributed by atoms with Crippen molar-refractivity contribution in [1.29, 1.82) is 5.26 Å². The van der Waals surface area contributed by atoms with Gasteiger partial charge in [-0.05, 0) is 25.9 Å². The SMILES string of the molecule is CCCC(C#N)C(=O)N1CCC(N(CC)CC)C1. The van der Waals surface area contributed by atoms with Crippen molar-refractivity contribution in [2.75, 3.05) is 26.2 Å². The zero-order valence-electron chi connectivity index (χ0n) is 11.9. The van der Waals surface area contributed by atoms with E-state index in [1.165, 1.54) is 0 Å². The molecule has 0 radical (unpaired) electrons. The summed E-state index contributed by atoms with van der Waals surface area (Å²) in [5, 5.41) is 9.05. The van der Waals surface area contributed by atoms with Crippen molar-refractivity contribution in [2.24, 2.45) is 5.92 Å². The number of carbonyl (C=O) groups excluding carboxylic acids is 1. The largest absolute Gasteiger partial charge is 0.340 e. The second-order valence-corrected chi connectivity index (χ2v) is 4.92. The maximum absolute atomic E-state index is 12.2. The second-order valence-electron chi connectivity index (χ2n) is 4.92. The van der Waals surface area contributed by atoms with Gasteiger partial charge in [-0.25, -0.2) is 0 Å². The average Bonchev–Trinajstić information content (AvgIpc) is 2.86. The molecule has 1 amide bonds. The van der Waals surface area contributed by atoms with E-state index in [1.807, 2.05) is 11.8 Å². The molecule has 102 valence electrons. The van der Waals surface area contributed by atoms with Gasteiger partial charge in [-0.2, -0.15) is 5.26 Å². The summed E-state index contributed by atoms with van der Waals surface area (Å²) in [6.07, 6.45) is 2.61. The van der Waals surface area contributed by atoms with Crippen LogP contribution in [0.4, 0.5) is 0 Å². The molecule has 0 aliphatic carbocycles. The van der Waals surface area contributed by atoms with Gasteiger partial charge in [-0.1, -0.05) is 27.2 Å². The summed E-state index contributed by atoms with van der Waals surface area (Å²) in [5.41, 5.74) is 0. The topological polar surface area (TPSA) is 47.3 Å². The van der Waals surface area contributed by atoms with E-state index in [2.05, 4.69) is 24.8 Å². The summed E-state index contributed by atoms with van der Waals surface area (Å²) in [5.74, 6) is -0.403. The number of nitriles is 1. The standard InChI is InChI=1S/C14H25N3O/c1-4-7-12(10-15)14(18)17-9-8-13(11-17)16(5-2)6-3/h12-13H,4-9,11H2,1-3H3. The lowest BCUT2D eigenvalue weighted by molar-refractivity contribution is -0.133. The van der Waals surface area contributed by atoms with Gasteiger partial charge < -0.3 is 4.90 Å². The Morgan fingerprint density at radius 2 is 2.11 bits per heavy atom. The molecule has 0 aromatic rings. The number of likely N-dealkylation sites (tertiary alicyclic amines) is 1.